The molecular weight excluding hydrogens is 260 g/mol. The molecule has 0 aromatic heterocycles. The van der Waals surface area contributed by atoms with Crippen LogP contribution >= 0.6 is 0 Å². The third-order valence-electron chi connectivity index (χ3n) is 4.27. The highest BCUT2D eigenvalue weighted by molar-refractivity contribution is 6.03. The van der Waals surface area contributed by atoms with Crippen molar-refractivity contribution in [3.8, 4) is 0 Å². The third kappa shape index (κ3) is 2.34. The number of carbonyl (C=O) groups excluding carboxylic acids is 1. The molecule has 21 heavy (non-hydrogen) atoms. The number of anilines is 1. The van der Waals surface area contributed by atoms with Gasteiger partial charge in [0.15, 0.2) is 0 Å². The van der Waals surface area contributed by atoms with E-state index in [9.17, 15) is 4.79 Å². The molecule has 0 radical (unpaired) electrons. The summed E-state index contributed by atoms with van der Waals surface area (Å²) >= 11 is 0. The van der Waals surface area contributed by atoms with Crippen molar-refractivity contribution >= 4 is 11.6 Å². The molecule has 0 spiro atoms. The van der Waals surface area contributed by atoms with Gasteiger partial charge in [0, 0.05) is 5.69 Å². The van der Waals surface area contributed by atoms with E-state index in [4.69, 9.17) is 5.73 Å². The first kappa shape index (κ1) is 13.8. The SMILES string of the molecule is CCc1cc2c(c(C(N)c3ccccc3)c1)NC(=O)C2C. The van der Waals surface area contributed by atoms with E-state index in [1.165, 1.54) is 5.56 Å². The molecular formula is C18H20N2O. The summed E-state index contributed by atoms with van der Waals surface area (Å²) in [7, 11) is 0. The number of carbonyl (C=O) groups is 1. The van der Waals surface area contributed by atoms with Crippen LogP contribution in [0.1, 0.15) is 48.1 Å². The molecule has 0 saturated carbocycles. The standard InChI is InChI=1S/C18H20N2O/c1-3-12-9-14-11(2)18(21)20-17(14)15(10-12)16(19)13-7-5-4-6-8-13/h4-11,16H,3,19H2,1-2H3,(H,20,21). The monoisotopic (exact) mass is 280 g/mol. The number of nitrogens with one attached hydrogen (secondary N) is 1. The number of hydrogen-bond donors (Lipinski definition) is 2. The molecule has 1 heterocycles. The van der Waals surface area contributed by atoms with Crippen molar-refractivity contribution in [2.24, 2.45) is 5.73 Å². The molecule has 3 heteroatoms. The van der Waals surface area contributed by atoms with Gasteiger partial charge in [-0.2, -0.15) is 0 Å². The summed E-state index contributed by atoms with van der Waals surface area (Å²) in [6.45, 7) is 4.06. The van der Waals surface area contributed by atoms with Crippen LogP contribution in [-0.2, 0) is 11.2 Å². The number of amides is 1. The molecule has 1 aliphatic heterocycles. The van der Waals surface area contributed by atoms with Crippen LogP contribution in [0.3, 0.4) is 0 Å². The van der Waals surface area contributed by atoms with Gasteiger partial charge in [0.25, 0.3) is 0 Å². The Balaban J connectivity index is 2.13. The Bertz CT molecular complexity index is 679. The van der Waals surface area contributed by atoms with E-state index >= 15 is 0 Å². The maximum atomic E-state index is 12.0. The quantitative estimate of drug-likeness (QED) is 0.906. The van der Waals surface area contributed by atoms with E-state index in [0.717, 1.165) is 28.8 Å². The summed E-state index contributed by atoms with van der Waals surface area (Å²) in [4.78, 5) is 12.0. The largest absolute Gasteiger partial charge is 0.325 e. The molecule has 2 atom stereocenters. The van der Waals surface area contributed by atoms with Gasteiger partial charge in [0.05, 0.1) is 12.0 Å². The van der Waals surface area contributed by atoms with E-state index in [-0.39, 0.29) is 17.9 Å². The Morgan fingerprint density at radius 1 is 1.24 bits per heavy atom. The first-order chi connectivity index (χ1) is 10.1. The lowest BCUT2D eigenvalue weighted by Crippen LogP contribution is -2.15. The lowest BCUT2D eigenvalue weighted by molar-refractivity contribution is -0.116. The lowest BCUT2D eigenvalue weighted by atomic mass is 9.91. The van der Waals surface area contributed by atoms with Crippen LogP contribution < -0.4 is 11.1 Å². The number of benzene rings is 2. The second kappa shape index (κ2) is 5.34. The second-order valence-corrected chi connectivity index (χ2v) is 5.60. The Kier molecular flexibility index (Phi) is 3.52. The molecule has 3 rings (SSSR count). The van der Waals surface area contributed by atoms with Crippen molar-refractivity contribution in [2.75, 3.05) is 5.32 Å². The summed E-state index contributed by atoms with van der Waals surface area (Å²) in [5.74, 6) is -0.0482. The van der Waals surface area contributed by atoms with Crippen LogP contribution in [0, 0.1) is 0 Å². The van der Waals surface area contributed by atoms with Crippen molar-refractivity contribution in [3.63, 3.8) is 0 Å². The van der Waals surface area contributed by atoms with Crippen LogP contribution in [0.2, 0.25) is 0 Å². The van der Waals surface area contributed by atoms with Crippen LogP contribution in [0.5, 0.6) is 0 Å². The van der Waals surface area contributed by atoms with Crippen molar-refractivity contribution < 1.29 is 4.79 Å². The van der Waals surface area contributed by atoms with E-state index in [1.54, 1.807) is 0 Å². The summed E-state index contributed by atoms with van der Waals surface area (Å²) in [5, 5.41) is 3.00. The maximum absolute atomic E-state index is 12.0. The van der Waals surface area contributed by atoms with E-state index in [2.05, 4.69) is 24.4 Å². The molecule has 0 saturated heterocycles. The lowest BCUT2D eigenvalue weighted by Gasteiger charge is -2.18. The predicted molar refractivity (Wildman–Crippen MR) is 85.3 cm³/mol. The summed E-state index contributed by atoms with van der Waals surface area (Å²) in [6, 6.07) is 14.0. The molecule has 0 bridgehead atoms. The summed E-state index contributed by atoms with van der Waals surface area (Å²) < 4.78 is 0. The second-order valence-electron chi connectivity index (χ2n) is 5.60. The van der Waals surface area contributed by atoms with Gasteiger partial charge in [-0.3, -0.25) is 4.79 Å². The Hall–Kier alpha value is -2.13. The minimum absolute atomic E-state index is 0.0553. The number of fused-ring (bicyclic) bond motifs is 1. The first-order valence-electron chi connectivity index (χ1n) is 7.40. The van der Waals surface area contributed by atoms with Gasteiger partial charge in [-0.1, -0.05) is 49.4 Å². The highest BCUT2D eigenvalue weighted by Crippen LogP contribution is 2.39. The van der Waals surface area contributed by atoms with Crippen molar-refractivity contribution in [3.05, 3.63) is 64.7 Å². The topological polar surface area (TPSA) is 55.1 Å². The minimum atomic E-state index is -0.225. The Morgan fingerprint density at radius 3 is 2.62 bits per heavy atom. The maximum Gasteiger partial charge on any atom is 0.231 e. The molecule has 3 nitrogen and oxygen atoms in total. The zero-order chi connectivity index (χ0) is 15.0. The normalized spacial score (nSPS) is 18.2. The van der Waals surface area contributed by atoms with Crippen LogP contribution in [-0.4, -0.2) is 5.91 Å². The molecule has 2 unspecified atom stereocenters. The fraction of sp³-hybridized carbons (Fsp3) is 0.278. The van der Waals surface area contributed by atoms with E-state index < -0.39 is 0 Å². The van der Waals surface area contributed by atoms with E-state index in [0.29, 0.717) is 0 Å². The average molecular weight is 280 g/mol. The molecule has 3 N–H and O–H groups in total. The van der Waals surface area contributed by atoms with Crippen LogP contribution in [0.15, 0.2) is 42.5 Å². The van der Waals surface area contributed by atoms with Crippen molar-refractivity contribution in [1.29, 1.82) is 0 Å². The Labute approximate surface area is 125 Å². The summed E-state index contributed by atoms with van der Waals surface area (Å²) in [5.41, 5.74) is 11.7. The van der Waals surface area contributed by atoms with Crippen LogP contribution in [0.4, 0.5) is 5.69 Å². The van der Waals surface area contributed by atoms with Crippen molar-refractivity contribution in [1.82, 2.24) is 0 Å². The summed E-state index contributed by atoms with van der Waals surface area (Å²) in [6.07, 6.45) is 0.933. The average Bonchev–Trinajstić information content (AvgIpc) is 2.82. The van der Waals surface area contributed by atoms with Gasteiger partial charge in [0.2, 0.25) is 5.91 Å². The predicted octanol–water partition coefficient (Wildman–Crippen LogP) is 3.35. The zero-order valence-corrected chi connectivity index (χ0v) is 12.4. The molecule has 108 valence electrons. The van der Waals surface area contributed by atoms with Gasteiger partial charge in [-0.15, -0.1) is 0 Å². The van der Waals surface area contributed by atoms with Gasteiger partial charge in [0.1, 0.15) is 0 Å². The minimum Gasteiger partial charge on any atom is -0.325 e. The van der Waals surface area contributed by atoms with Crippen molar-refractivity contribution in [2.45, 2.75) is 32.2 Å². The highest BCUT2D eigenvalue weighted by Gasteiger charge is 2.30. The third-order valence-corrected chi connectivity index (χ3v) is 4.27. The Morgan fingerprint density at radius 2 is 1.95 bits per heavy atom. The highest BCUT2D eigenvalue weighted by atomic mass is 16.2. The van der Waals surface area contributed by atoms with Crippen LogP contribution in [0.25, 0.3) is 0 Å². The molecule has 1 aliphatic rings. The fourth-order valence-corrected chi connectivity index (χ4v) is 2.90. The van der Waals surface area contributed by atoms with Gasteiger partial charge < -0.3 is 11.1 Å². The number of aryl methyl sites for hydroxylation is 1. The number of nitrogens with two attached hydrogens (primary N) is 1. The smallest absolute Gasteiger partial charge is 0.231 e. The fourth-order valence-electron chi connectivity index (χ4n) is 2.90. The zero-order valence-electron chi connectivity index (χ0n) is 12.4. The molecule has 2 aromatic carbocycles. The number of hydrogen-bond acceptors (Lipinski definition) is 2. The van der Waals surface area contributed by atoms with Gasteiger partial charge in [-0.25, -0.2) is 0 Å². The molecule has 1 amide bonds. The van der Waals surface area contributed by atoms with E-state index in [1.807, 2.05) is 37.3 Å². The molecule has 0 fully saturated rings. The molecule has 2 aromatic rings. The van der Waals surface area contributed by atoms with Gasteiger partial charge in [-0.05, 0) is 35.6 Å². The molecule has 0 aliphatic carbocycles. The number of rotatable bonds is 3. The van der Waals surface area contributed by atoms with Gasteiger partial charge >= 0.3 is 0 Å². The first-order valence-corrected chi connectivity index (χ1v) is 7.40.